The highest BCUT2D eigenvalue weighted by Crippen LogP contribution is 2.20. The van der Waals surface area contributed by atoms with Crippen LogP contribution in [0.15, 0.2) is 30.3 Å². The van der Waals surface area contributed by atoms with Crippen LogP contribution in [0, 0.1) is 5.92 Å². The number of carbonyl (C=O) groups is 2. The molecule has 0 N–H and O–H groups in total. The zero-order chi connectivity index (χ0) is 15.6. The standard InChI is InChI=1S/C17H24N2O2/c1-12(2)16(20)18-10-13(3)19(14(4)11-18)17(21)15-8-6-5-7-9-15/h5-9,12-14H,10-11H2,1-4H3. The molecule has 114 valence electrons. The van der Waals surface area contributed by atoms with Crippen molar-refractivity contribution in [3.05, 3.63) is 35.9 Å². The number of hydrogen-bond donors (Lipinski definition) is 0. The Bertz CT molecular complexity index is 501. The van der Waals surface area contributed by atoms with Crippen LogP contribution < -0.4 is 0 Å². The van der Waals surface area contributed by atoms with Gasteiger partial charge in [0.1, 0.15) is 0 Å². The van der Waals surface area contributed by atoms with Gasteiger partial charge in [-0.05, 0) is 26.0 Å². The molecular weight excluding hydrogens is 264 g/mol. The lowest BCUT2D eigenvalue weighted by Crippen LogP contribution is -2.60. The van der Waals surface area contributed by atoms with E-state index in [-0.39, 0.29) is 29.8 Å². The van der Waals surface area contributed by atoms with Crippen molar-refractivity contribution in [2.75, 3.05) is 13.1 Å². The lowest BCUT2D eigenvalue weighted by Gasteiger charge is -2.45. The van der Waals surface area contributed by atoms with Gasteiger partial charge in [0.2, 0.25) is 5.91 Å². The van der Waals surface area contributed by atoms with E-state index in [0.717, 1.165) is 0 Å². The first-order valence-corrected chi connectivity index (χ1v) is 7.58. The molecule has 0 saturated carbocycles. The summed E-state index contributed by atoms with van der Waals surface area (Å²) < 4.78 is 0. The van der Waals surface area contributed by atoms with Crippen LogP contribution >= 0.6 is 0 Å². The molecule has 0 aromatic heterocycles. The largest absolute Gasteiger partial charge is 0.338 e. The first kappa shape index (κ1) is 15.5. The van der Waals surface area contributed by atoms with Crippen molar-refractivity contribution in [1.82, 2.24) is 9.80 Å². The van der Waals surface area contributed by atoms with Crippen LogP contribution in [0.5, 0.6) is 0 Å². The van der Waals surface area contributed by atoms with Crippen LogP contribution in [0.3, 0.4) is 0 Å². The van der Waals surface area contributed by atoms with E-state index in [9.17, 15) is 9.59 Å². The van der Waals surface area contributed by atoms with Crippen LogP contribution in [0.25, 0.3) is 0 Å². The molecule has 2 rings (SSSR count). The van der Waals surface area contributed by atoms with Gasteiger partial charge < -0.3 is 9.80 Å². The van der Waals surface area contributed by atoms with E-state index in [2.05, 4.69) is 0 Å². The molecule has 2 unspecified atom stereocenters. The van der Waals surface area contributed by atoms with Gasteiger partial charge in [-0.15, -0.1) is 0 Å². The second-order valence-corrected chi connectivity index (χ2v) is 6.17. The highest BCUT2D eigenvalue weighted by Gasteiger charge is 2.35. The topological polar surface area (TPSA) is 40.6 Å². The molecule has 1 saturated heterocycles. The summed E-state index contributed by atoms with van der Waals surface area (Å²) in [6.07, 6.45) is 0. The minimum absolute atomic E-state index is 0.000717. The van der Waals surface area contributed by atoms with Gasteiger partial charge >= 0.3 is 0 Å². The summed E-state index contributed by atoms with van der Waals surface area (Å²) in [6.45, 7) is 9.08. The van der Waals surface area contributed by atoms with Crippen molar-refractivity contribution in [2.45, 2.75) is 39.8 Å². The van der Waals surface area contributed by atoms with Crippen molar-refractivity contribution in [3.8, 4) is 0 Å². The Hall–Kier alpha value is -1.84. The average Bonchev–Trinajstić information content (AvgIpc) is 2.46. The van der Waals surface area contributed by atoms with E-state index in [0.29, 0.717) is 18.7 Å². The monoisotopic (exact) mass is 288 g/mol. The van der Waals surface area contributed by atoms with Gasteiger partial charge in [0, 0.05) is 36.7 Å². The molecule has 1 aromatic carbocycles. The summed E-state index contributed by atoms with van der Waals surface area (Å²) in [5.74, 6) is 0.216. The zero-order valence-corrected chi connectivity index (χ0v) is 13.2. The number of rotatable bonds is 2. The zero-order valence-electron chi connectivity index (χ0n) is 13.2. The minimum atomic E-state index is 0.000717. The second-order valence-electron chi connectivity index (χ2n) is 6.17. The van der Waals surface area contributed by atoms with Gasteiger partial charge in [-0.3, -0.25) is 9.59 Å². The summed E-state index contributed by atoms with van der Waals surface area (Å²) in [5.41, 5.74) is 0.708. The van der Waals surface area contributed by atoms with Crippen LogP contribution in [0.4, 0.5) is 0 Å². The molecule has 0 bridgehead atoms. The minimum Gasteiger partial charge on any atom is -0.338 e. The maximum Gasteiger partial charge on any atom is 0.254 e. The Morgan fingerprint density at radius 3 is 2.05 bits per heavy atom. The van der Waals surface area contributed by atoms with Gasteiger partial charge in [-0.2, -0.15) is 0 Å². The third-order valence-corrected chi connectivity index (χ3v) is 3.98. The van der Waals surface area contributed by atoms with Crippen LogP contribution in [-0.4, -0.2) is 46.8 Å². The lowest BCUT2D eigenvalue weighted by atomic mass is 10.0. The van der Waals surface area contributed by atoms with Gasteiger partial charge in [0.15, 0.2) is 0 Å². The third-order valence-electron chi connectivity index (χ3n) is 3.98. The third kappa shape index (κ3) is 3.26. The molecule has 1 aliphatic heterocycles. The smallest absolute Gasteiger partial charge is 0.254 e. The number of benzene rings is 1. The van der Waals surface area contributed by atoms with E-state index in [1.807, 2.05) is 67.8 Å². The van der Waals surface area contributed by atoms with Crippen LogP contribution in [0.1, 0.15) is 38.1 Å². The number of piperazine rings is 1. The summed E-state index contributed by atoms with van der Waals surface area (Å²) in [5, 5.41) is 0. The molecule has 1 heterocycles. The van der Waals surface area contributed by atoms with E-state index in [4.69, 9.17) is 0 Å². The number of nitrogens with zero attached hydrogens (tertiary/aromatic N) is 2. The summed E-state index contributed by atoms with van der Waals surface area (Å²) in [4.78, 5) is 28.6. The SMILES string of the molecule is CC(C)C(=O)N1CC(C)N(C(=O)c2ccccc2)C(C)C1. The molecule has 1 aliphatic rings. The maximum absolute atomic E-state index is 12.7. The molecule has 1 aromatic rings. The Kier molecular flexibility index (Phi) is 4.66. The fourth-order valence-electron chi connectivity index (χ4n) is 3.00. The van der Waals surface area contributed by atoms with Crippen molar-refractivity contribution >= 4 is 11.8 Å². The predicted molar refractivity (Wildman–Crippen MR) is 83.0 cm³/mol. The quantitative estimate of drug-likeness (QED) is 0.838. The molecule has 2 amide bonds. The van der Waals surface area contributed by atoms with Gasteiger partial charge in [-0.25, -0.2) is 0 Å². The summed E-state index contributed by atoms with van der Waals surface area (Å²) in [6, 6.07) is 9.40. The first-order valence-electron chi connectivity index (χ1n) is 7.58. The highest BCUT2D eigenvalue weighted by atomic mass is 16.2. The molecule has 21 heavy (non-hydrogen) atoms. The molecule has 0 aliphatic carbocycles. The number of carbonyl (C=O) groups excluding carboxylic acids is 2. The van der Waals surface area contributed by atoms with Crippen molar-refractivity contribution in [3.63, 3.8) is 0 Å². The Morgan fingerprint density at radius 2 is 1.57 bits per heavy atom. The second kappa shape index (κ2) is 6.29. The average molecular weight is 288 g/mol. The molecular formula is C17H24N2O2. The number of amides is 2. The van der Waals surface area contributed by atoms with Crippen LogP contribution in [-0.2, 0) is 4.79 Å². The van der Waals surface area contributed by atoms with Crippen molar-refractivity contribution in [1.29, 1.82) is 0 Å². The molecule has 4 nitrogen and oxygen atoms in total. The Labute approximate surface area is 126 Å². The highest BCUT2D eigenvalue weighted by molar-refractivity contribution is 5.94. The van der Waals surface area contributed by atoms with E-state index >= 15 is 0 Å². The lowest BCUT2D eigenvalue weighted by molar-refractivity contribution is -0.138. The molecule has 0 radical (unpaired) electrons. The van der Waals surface area contributed by atoms with E-state index in [1.165, 1.54) is 0 Å². The van der Waals surface area contributed by atoms with Gasteiger partial charge in [-0.1, -0.05) is 32.0 Å². The summed E-state index contributed by atoms with van der Waals surface area (Å²) >= 11 is 0. The number of hydrogen-bond acceptors (Lipinski definition) is 2. The van der Waals surface area contributed by atoms with E-state index < -0.39 is 0 Å². The first-order chi connectivity index (χ1) is 9.91. The van der Waals surface area contributed by atoms with Crippen molar-refractivity contribution in [2.24, 2.45) is 5.92 Å². The maximum atomic E-state index is 12.7. The summed E-state index contributed by atoms with van der Waals surface area (Å²) in [7, 11) is 0. The fourth-order valence-corrected chi connectivity index (χ4v) is 3.00. The van der Waals surface area contributed by atoms with Crippen LogP contribution in [0.2, 0.25) is 0 Å². The normalized spacial score (nSPS) is 22.5. The van der Waals surface area contributed by atoms with Gasteiger partial charge in [0.25, 0.3) is 5.91 Å². The molecule has 0 spiro atoms. The van der Waals surface area contributed by atoms with Gasteiger partial charge in [0.05, 0.1) is 0 Å². The molecule has 4 heteroatoms. The Balaban J connectivity index is 2.14. The van der Waals surface area contributed by atoms with Crippen molar-refractivity contribution < 1.29 is 9.59 Å². The fraction of sp³-hybridized carbons (Fsp3) is 0.529. The molecule has 1 fully saturated rings. The Morgan fingerprint density at radius 1 is 1.05 bits per heavy atom. The molecule has 2 atom stereocenters. The predicted octanol–water partition coefficient (Wildman–Crippen LogP) is 2.40. The van der Waals surface area contributed by atoms with E-state index in [1.54, 1.807) is 0 Å².